The van der Waals surface area contributed by atoms with Gasteiger partial charge in [0.05, 0.1) is 12.3 Å². The van der Waals surface area contributed by atoms with Crippen molar-refractivity contribution in [1.82, 2.24) is 10.7 Å². The number of nitrogens with zero attached hydrogens (tertiary/aromatic N) is 1. The van der Waals surface area contributed by atoms with Crippen molar-refractivity contribution in [3.05, 3.63) is 41.5 Å². The van der Waals surface area contributed by atoms with Gasteiger partial charge < -0.3 is 10.1 Å². The molecule has 1 saturated heterocycles. The van der Waals surface area contributed by atoms with Gasteiger partial charge in [0.25, 0.3) is 0 Å². The molecule has 0 bridgehead atoms. The van der Waals surface area contributed by atoms with Crippen molar-refractivity contribution in [3.8, 4) is 0 Å². The Morgan fingerprint density at radius 3 is 2.95 bits per heavy atom. The highest BCUT2D eigenvalue weighted by Crippen LogP contribution is 2.10. The van der Waals surface area contributed by atoms with Crippen LogP contribution in [-0.4, -0.2) is 30.6 Å². The molecule has 0 aliphatic carbocycles. The normalized spacial score (nSPS) is 18.9. The van der Waals surface area contributed by atoms with E-state index in [1.54, 1.807) is 6.21 Å². The summed E-state index contributed by atoms with van der Waals surface area (Å²) >= 11 is 5.16. The van der Waals surface area contributed by atoms with Gasteiger partial charge in [0.2, 0.25) is 0 Å². The lowest BCUT2D eigenvalue weighted by Gasteiger charge is -2.11. The van der Waals surface area contributed by atoms with Gasteiger partial charge in [-0.05, 0) is 43.1 Å². The van der Waals surface area contributed by atoms with Crippen molar-refractivity contribution in [2.24, 2.45) is 5.10 Å². The van der Waals surface area contributed by atoms with Crippen LogP contribution in [0.5, 0.6) is 0 Å². The van der Waals surface area contributed by atoms with E-state index in [1.165, 1.54) is 0 Å². The van der Waals surface area contributed by atoms with Crippen LogP contribution in [0.4, 0.5) is 0 Å². The summed E-state index contributed by atoms with van der Waals surface area (Å²) in [5.74, 6) is 0. The van der Waals surface area contributed by atoms with Crippen molar-refractivity contribution in [2.45, 2.75) is 25.9 Å². The average molecular weight is 303 g/mol. The Morgan fingerprint density at radius 1 is 1.43 bits per heavy atom. The number of hydrogen-bond donors (Lipinski definition) is 2. The van der Waals surface area contributed by atoms with Crippen LogP contribution in [0.2, 0.25) is 0 Å². The largest absolute Gasteiger partial charge is 0.376 e. The van der Waals surface area contributed by atoms with E-state index in [0.717, 1.165) is 37.1 Å². The molecule has 5 heteroatoms. The van der Waals surface area contributed by atoms with E-state index in [1.807, 2.05) is 25.1 Å². The second-order valence-electron chi connectivity index (χ2n) is 5.01. The Hall–Kier alpha value is -1.72. The third-order valence-electron chi connectivity index (χ3n) is 3.14. The number of hydrogen-bond acceptors (Lipinski definition) is 3. The first-order chi connectivity index (χ1) is 10.2. The first kappa shape index (κ1) is 15.7. The molecule has 0 aromatic heterocycles. The van der Waals surface area contributed by atoms with E-state index in [9.17, 15) is 0 Å². The number of thiocarbonyl (C=S) groups is 1. The van der Waals surface area contributed by atoms with Crippen LogP contribution in [0.15, 0.2) is 41.0 Å². The second-order valence-corrected chi connectivity index (χ2v) is 5.42. The number of ether oxygens (including phenoxy) is 1. The highest BCUT2D eigenvalue weighted by Gasteiger charge is 2.14. The van der Waals surface area contributed by atoms with Crippen LogP contribution in [-0.2, 0) is 4.74 Å². The third kappa shape index (κ3) is 6.06. The molecule has 4 nitrogen and oxygen atoms in total. The monoisotopic (exact) mass is 303 g/mol. The van der Waals surface area contributed by atoms with Gasteiger partial charge in [-0.1, -0.05) is 36.4 Å². The summed E-state index contributed by atoms with van der Waals surface area (Å²) in [6, 6.07) is 10.1. The summed E-state index contributed by atoms with van der Waals surface area (Å²) in [5.41, 5.74) is 5.02. The minimum Gasteiger partial charge on any atom is -0.376 e. The molecular weight excluding hydrogens is 282 g/mol. The van der Waals surface area contributed by atoms with Crippen molar-refractivity contribution in [1.29, 1.82) is 0 Å². The molecule has 1 aliphatic rings. The van der Waals surface area contributed by atoms with E-state index in [4.69, 9.17) is 17.0 Å². The fourth-order valence-corrected chi connectivity index (χ4v) is 2.23. The van der Waals surface area contributed by atoms with E-state index in [-0.39, 0.29) is 6.10 Å². The lowest BCUT2D eigenvalue weighted by molar-refractivity contribution is 0.114. The summed E-state index contributed by atoms with van der Waals surface area (Å²) in [5, 5.41) is 7.76. The van der Waals surface area contributed by atoms with E-state index < -0.39 is 0 Å². The van der Waals surface area contributed by atoms with Crippen LogP contribution in [0.1, 0.15) is 25.3 Å². The standard InChI is InChI=1S/C16H21N3OS/c1-13(10-14-6-3-2-4-7-14)11-18-19-16(21)17-12-15-8-5-9-20-15/h2-4,6-7,10-11,15H,5,8-9,12H2,1H3,(H2,17,19,21)/b13-10+,18-11-/t15-/m1/s1. The van der Waals surface area contributed by atoms with Gasteiger partial charge in [0.1, 0.15) is 0 Å². The maximum atomic E-state index is 5.51. The number of rotatable bonds is 5. The first-order valence-electron chi connectivity index (χ1n) is 7.16. The van der Waals surface area contributed by atoms with Gasteiger partial charge in [-0.15, -0.1) is 0 Å². The second kappa shape index (κ2) is 8.54. The molecule has 2 N–H and O–H groups in total. The zero-order valence-electron chi connectivity index (χ0n) is 12.2. The zero-order chi connectivity index (χ0) is 14.9. The number of hydrazone groups is 1. The fourth-order valence-electron chi connectivity index (χ4n) is 2.09. The quantitative estimate of drug-likeness (QED) is 0.499. The third-order valence-corrected chi connectivity index (χ3v) is 3.38. The molecule has 0 unspecified atom stereocenters. The van der Waals surface area contributed by atoms with Gasteiger partial charge >= 0.3 is 0 Å². The number of nitrogens with one attached hydrogen (secondary N) is 2. The van der Waals surface area contributed by atoms with Crippen LogP contribution < -0.4 is 10.7 Å². The van der Waals surface area contributed by atoms with Crippen LogP contribution in [0.3, 0.4) is 0 Å². The molecule has 1 atom stereocenters. The van der Waals surface area contributed by atoms with Crippen molar-refractivity contribution in [2.75, 3.05) is 13.2 Å². The molecule has 1 aromatic rings. The van der Waals surface area contributed by atoms with Gasteiger partial charge in [-0.2, -0.15) is 5.10 Å². The Kier molecular flexibility index (Phi) is 6.37. The number of allylic oxidation sites excluding steroid dienone is 1. The molecule has 1 aromatic carbocycles. The lowest BCUT2D eigenvalue weighted by atomic mass is 10.1. The Balaban J connectivity index is 1.71. The van der Waals surface area contributed by atoms with Gasteiger partial charge in [0, 0.05) is 13.2 Å². The Morgan fingerprint density at radius 2 is 2.24 bits per heavy atom. The molecule has 112 valence electrons. The molecular formula is C16H21N3OS. The Labute approximate surface area is 131 Å². The molecule has 1 fully saturated rings. The molecule has 0 saturated carbocycles. The highest BCUT2D eigenvalue weighted by atomic mass is 32.1. The van der Waals surface area contributed by atoms with Crippen LogP contribution in [0, 0.1) is 0 Å². The van der Waals surface area contributed by atoms with Gasteiger partial charge in [-0.25, -0.2) is 0 Å². The molecule has 0 spiro atoms. The summed E-state index contributed by atoms with van der Waals surface area (Å²) in [6.07, 6.45) is 6.32. The minimum atomic E-state index is 0.272. The minimum absolute atomic E-state index is 0.272. The predicted octanol–water partition coefficient (Wildman–Crippen LogP) is 2.72. The number of benzene rings is 1. The fraction of sp³-hybridized carbons (Fsp3) is 0.375. The van der Waals surface area contributed by atoms with Crippen LogP contribution >= 0.6 is 12.2 Å². The summed E-state index contributed by atoms with van der Waals surface area (Å²) < 4.78 is 5.51. The molecule has 0 radical (unpaired) electrons. The summed E-state index contributed by atoms with van der Waals surface area (Å²) in [4.78, 5) is 0. The van der Waals surface area contributed by atoms with Crippen LogP contribution in [0.25, 0.3) is 6.08 Å². The maximum absolute atomic E-state index is 5.51. The maximum Gasteiger partial charge on any atom is 0.187 e. The lowest BCUT2D eigenvalue weighted by Crippen LogP contribution is -2.37. The molecule has 2 rings (SSSR count). The molecule has 21 heavy (non-hydrogen) atoms. The smallest absolute Gasteiger partial charge is 0.187 e. The first-order valence-corrected chi connectivity index (χ1v) is 7.57. The molecule has 0 amide bonds. The molecule has 1 heterocycles. The van der Waals surface area contributed by atoms with E-state index in [0.29, 0.717) is 5.11 Å². The van der Waals surface area contributed by atoms with E-state index in [2.05, 4.69) is 34.1 Å². The van der Waals surface area contributed by atoms with Crippen molar-refractivity contribution < 1.29 is 4.74 Å². The Bertz CT molecular complexity index is 508. The van der Waals surface area contributed by atoms with Gasteiger partial charge in [0.15, 0.2) is 5.11 Å². The predicted molar refractivity (Wildman–Crippen MR) is 91.3 cm³/mol. The van der Waals surface area contributed by atoms with Crippen molar-refractivity contribution >= 4 is 29.6 Å². The van der Waals surface area contributed by atoms with Crippen molar-refractivity contribution in [3.63, 3.8) is 0 Å². The van der Waals surface area contributed by atoms with Gasteiger partial charge in [-0.3, -0.25) is 5.43 Å². The summed E-state index contributed by atoms with van der Waals surface area (Å²) in [7, 11) is 0. The SMILES string of the molecule is CC(/C=N\NC(=S)NC[C@H]1CCCO1)=C\c1ccccc1. The highest BCUT2D eigenvalue weighted by molar-refractivity contribution is 7.80. The topological polar surface area (TPSA) is 45.7 Å². The van der Waals surface area contributed by atoms with E-state index >= 15 is 0 Å². The summed E-state index contributed by atoms with van der Waals surface area (Å²) in [6.45, 7) is 3.59. The zero-order valence-corrected chi connectivity index (χ0v) is 13.0. The molecule has 1 aliphatic heterocycles. The average Bonchev–Trinajstić information content (AvgIpc) is 2.99.